The lowest BCUT2D eigenvalue weighted by Crippen LogP contribution is -2.43. The van der Waals surface area contributed by atoms with E-state index in [0.29, 0.717) is 13.2 Å². The molecule has 2 N–H and O–H groups in total. The van der Waals surface area contributed by atoms with Crippen molar-refractivity contribution in [1.29, 1.82) is 0 Å². The third kappa shape index (κ3) is 2.68. The van der Waals surface area contributed by atoms with E-state index >= 15 is 0 Å². The third-order valence-corrected chi connectivity index (χ3v) is 2.65. The largest absolute Gasteiger partial charge is 0.486 e. The van der Waals surface area contributed by atoms with Crippen LogP contribution >= 0.6 is 0 Å². The van der Waals surface area contributed by atoms with Crippen molar-refractivity contribution in [3.63, 3.8) is 0 Å². The van der Waals surface area contributed by atoms with Gasteiger partial charge in [0.1, 0.15) is 6.61 Å². The Hall–Kier alpha value is -1.75. The second-order valence-electron chi connectivity index (χ2n) is 3.98. The van der Waals surface area contributed by atoms with Crippen LogP contribution in [0.25, 0.3) is 0 Å². The Kier molecular flexibility index (Phi) is 3.49. The first-order valence-electron chi connectivity index (χ1n) is 5.53. The van der Waals surface area contributed by atoms with Crippen molar-refractivity contribution in [3.05, 3.63) is 24.3 Å². The summed E-state index contributed by atoms with van der Waals surface area (Å²) in [4.78, 5) is 12.9. The van der Waals surface area contributed by atoms with Crippen LogP contribution in [0.3, 0.4) is 0 Å². The van der Waals surface area contributed by atoms with Gasteiger partial charge in [-0.25, -0.2) is 0 Å². The van der Waals surface area contributed by atoms with Crippen LogP contribution in [0.15, 0.2) is 24.3 Å². The molecule has 0 spiro atoms. The zero-order chi connectivity index (χ0) is 12.3. The lowest BCUT2D eigenvalue weighted by atomic mass is 10.2. The molecule has 0 aliphatic carbocycles. The minimum absolute atomic E-state index is 0.0145. The molecule has 1 atom stereocenters. The SMILES string of the molecule is CN(C[C@@H]1COc2ccccc2O1)C(=O)CN. The zero-order valence-electron chi connectivity index (χ0n) is 9.76. The van der Waals surface area contributed by atoms with Gasteiger partial charge in [-0.3, -0.25) is 4.79 Å². The van der Waals surface area contributed by atoms with Gasteiger partial charge >= 0.3 is 0 Å². The van der Waals surface area contributed by atoms with Crippen molar-refractivity contribution in [2.45, 2.75) is 6.10 Å². The number of likely N-dealkylation sites (N-methyl/N-ethyl adjacent to an activating group) is 1. The molecule has 1 amide bonds. The molecule has 1 aliphatic rings. The number of amides is 1. The fourth-order valence-electron chi connectivity index (χ4n) is 1.72. The Balaban J connectivity index is 1.96. The first-order valence-corrected chi connectivity index (χ1v) is 5.53. The summed E-state index contributed by atoms with van der Waals surface area (Å²) in [5.41, 5.74) is 5.29. The van der Waals surface area contributed by atoms with Gasteiger partial charge in [0, 0.05) is 7.05 Å². The van der Waals surface area contributed by atoms with E-state index in [1.807, 2.05) is 24.3 Å². The topological polar surface area (TPSA) is 64.8 Å². The van der Waals surface area contributed by atoms with Crippen molar-refractivity contribution in [1.82, 2.24) is 4.90 Å². The molecule has 0 radical (unpaired) electrons. The lowest BCUT2D eigenvalue weighted by molar-refractivity contribution is -0.129. The maximum atomic E-state index is 11.3. The molecule has 5 nitrogen and oxygen atoms in total. The average molecular weight is 236 g/mol. The van der Waals surface area contributed by atoms with Crippen LogP contribution in [0.5, 0.6) is 11.5 Å². The van der Waals surface area contributed by atoms with E-state index < -0.39 is 0 Å². The second kappa shape index (κ2) is 5.05. The van der Waals surface area contributed by atoms with Crippen molar-refractivity contribution in [2.24, 2.45) is 5.73 Å². The maximum Gasteiger partial charge on any atom is 0.236 e. The molecule has 0 aromatic heterocycles. The Labute approximate surface area is 100 Å². The zero-order valence-corrected chi connectivity index (χ0v) is 9.76. The second-order valence-corrected chi connectivity index (χ2v) is 3.98. The molecule has 0 bridgehead atoms. The van der Waals surface area contributed by atoms with Crippen molar-refractivity contribution < 1.29 is 14.3 Å². The summed E-state index contributed by atoms with van der Waals surface area (Å²) < 4.78 is 11.3. The quantitative estimate of drug-likeness (QED) is 0.816. The summed E-state index contributed by atoms with van der Waals surface area (Å²) in [6.45, 7) is 0.935. The Morgan fingerprint density at radius 1 is 1.47 bits per heavy atom. The van der Waals surface area contributed by atoms with Crippen LogP contribution in [0.4, 0.5) is 0 Å². The molecule has 1 heterocycles. The third-order valence-electron chi connectivity index (χ3n) is 2.65. The van der Waals surface area contributed by atoms with Gasteiger partial charge in [-0.1, -0.05) is 12.1 Å². The first-order chi connectivity index (χ1) is 8.20. The van der Waals surface area contributed by atoms with Gasteiger partial charge in [-0.2, -0.15) is 0 Å². The predicted molar refractivity (Wildman–Crippen MR) is 63.0 cm³/mol. The van der Waals surface area contributed by atoms with E-state index in [2.05, 4.69) is 0 Å². The van der Waals surface area contributed by atoms with Crippen LogP contribution in [0.1, 0.15) is 0 Å². The van der Waals surface area contributed by atoms with Gasteiger partial charge in [-0.05, 0) is 12.1 Å². The minimum Gasteiger partial charge on any atom is -0.486 e. The van der Waals surface area contributed by atoms with E-state index in [9.17, 15) is 4.79 Å². The highest BCUT2D eigenvalue weighted by Crippen LogP contribution is 2.30. The number of nitrogens with two attached hydrogens (primary N) is 1. The van der Waals surface area contributed by atoms with Gasteiger partial charge in [-0.15, -0.1) is 0 Å². The van der Waals surface area contributed by atoms with Crippen LogP contribution in [-0.2, 0) is 4.79 Å². The highest BCUT2D eigenvalue weighted by molar-refractivity contribution is 5.77. The van der Waals surface area contributed by atoms with Gasteiger partial charge < -0.3 is 20.1 Å². The fourth-order valence-corrected chi connectivity index (χ4v) is 1.72. The van der Waals surface area contributed by atoms with E-state index in [1.54, 1.807) is 11.9 Å². The Bertz CT molecular complexity index is 408. The summed E-state index contributed by atoms with van der Waals surface area (Å²) in [5, 5.41) is 0. The predicted octanol–water partition coefficient (Wildman–Crippen LogP) is 0.244. The molecular weight excluding hydrogens is 220 g/mol. The standard InChI is InChI=1S/C12H16N2O3/c1-14(12(15)6-13)7-9-8-16-10-4-2-3-5-11(10)17-9/h2-5,9H,6-8,13H2,1H3/t9-/m1/s1. The average Bonchev–Trinajstić information content (AvgIpc) is 2.37. The van der Waals surface area contributed by atoms with Crippen LogP contribution < -0.4 is 15.2 Å². The highest BCUT2D eigenvalue weighted by Gasteiger charge is 2.23. The number of carbonyl (C=O) groups is 1. The summed E-state index contributed by atoms with van der Waals surface area (Å²) in [6, 6.07) is 7.50. The number of rotatable bonds is 3. The van der Waals surface area contributed by atoms with Gasteiger partial charge in [0.25, 0.3) is 0 Å². The molecule has 0 saturated carbocycles. The highest BCUT2D eigenvalue weighted by atomic mass is 16.6. The van der Waals surface area contributed by atoms with E-state index in [0.717, 1.165) is 11.5 Å². The molecule has 17 heavy (non-hydrogen) atoms. The summed E-state index contributed by atoms with van der Waals surface area (Å²) in [7, 11) is 1.71. The molecule has 2 rings (SSSR count). The molecule has 0 saturated heterocycles. The Morgan fingerprint density at radius 2 is 2.18 bits per heavy atom. The van der Waals surface area contributed by atoms with Crippen molar-refractivity contribution in [3.8, 4) is 11.5 Å². The molecule has 92 valence electrons. The smallest absolute Gasteiger partial charge is 0.236 e. The number of ether oxygens (including phenoxy) is 2. The molecule has 0 unspecified atom stereocenters. The molecule has 1 aliphatic heterocycles. The number of hydrogen-bond acceptors (Lipinski definition) is 4. The van der Waals surface area contributed by atoms with Crippen LogP contribution in [0, 0.1) is 0 Å². The molecule has 5 heteroatoms. The summed E-state index contributed by atoms with van der Waals surface area (Å²) in [5.74, 6) is 1.36. The minimum atomic E-state index is -0.148. The number of para-hydroxylation sites is 2. The van der Waals surface area contributed by atoms with E-state index in [-0.39, 0.29) is 18.6 Å². The first kappa shape index (κ1) is 11.7. The molecule has 0 fully saturated rings. The van der Waals surface area contributed by atoms with Gasteiger partial charge in [0.05, 0.1) is 13.1 Å². The number of nitrogens with zero attached hydrogens (tertiary/aromatic N) is 1. The number of fused-ring (bicyclic) bond motifs is 1. The monoisotopic (exact) mass is 236 g/mol. The number of benzene rings is 1. The maximum absolute atomic E-state index is 11.3. The number of carbonyl (C=O) groups excluding carboxylic acids is 1. The fraction of sp³-hybridized carbons (Fsp3) is 0.417. The number of hydrogen-bond donors (Lipinski definition) is 1. The molecular formula is C12H16N2O3. The van der Waals surface area contributed by atoms with Crippen LogP contribution in [-0.4, -0.2) is 43.7 Å². The van der Waals surface area contributed by atoms with Crippen molar-refractivity contribution in [2.75, 3.05) is 26.7 Å². The summed E-state index contributed by atoms with van der Waals surface area (Å²) in [6.07, 6.45) is -0.148. The molecule has 1 aromatic rings. The van der Waals surface area contributed by atoms with Gasteiger partial charge in [0.15, 0.2) is 17.6 Å². The normalized spacial score (nSPS) is 17.6. The van der Waals surface area contributed by atoms with Gasteiger partial charge in [0.2, 0.25) is 5.91 Å². The van der Waals surface area contributed by atoms with Crippen LogP contribution in [0.2, 0.25) is 0 Å². The van der Waals surface area contributed by atoms with Crippen molar-refractivity contribution >= 4 is 5.91 Å². The summed E-state index contributed by atoms with van der Waals surface area (Å²) >= 11 is 0. The van der Waals surface area contributed by atoms with E-state index in [1.165, 1.54) is 0 Å². The Morgan fingerprint density at radius 3 is 2.88 bits per heavy atom. The lowest BCUT2D eigenvalue weighted by Gasteiger charge is -2.29. The molecule has 1 aromatic carbocycles. The van der Waals surface area contributed by atoms with E-state index in [4.69, 9.17) is 15.2 Å².